The van der Waals surface area contributed by atoms with E-state index in [0.29, 0.717) is 0 Å². The van der Waals surface area contributed by atoms with Gasteiger partial charge in [0.2, 0.25) is 6.41 Å². The largest absolute Gasteiger partial charge is 0.318 e. The Morgan fingerprint density at radius 1 is 1.04 bits per heavy atom. The Hall–Kier alpha value is -1.56. The smallest absolute Gasteiger partial charge is 0.213 e. The van der Waals surface area contributed by atoms with Crippen molar-refractivity contribution in [3.63, 3.8) is 0 Å². The first-order valence-electron chi connectivity index (χ1n) is 7.34. The zero-order chi connectivity index (χ0) is 17.1. The van der Waals surface area contributed by atoms with Crippen LogP contribution in [0.3, 0.4) is 0 Å². The van der Waals surface area contributed by atoms with E-state index in [0.717, 1.165) is 21.4 Å². The van der Waals surface area contributed by atoms with E-state index < -0.39 is 0 Å². The maximum atomic E-state index is 10.9. The fourth-order valence-corrected chi connectivity index (χ4v) is 4.50. The van der Waals surface area contributed by atoms with Gasteiger partial charge in [0.05, 0.1) is 3.79 Å². The van der Waals surface area contributed by atoms with Crippen molar-refractivity contribution in [3.8, 4) is 21.6 Å². The molecule has 1 heterocycles. The van der Waals surface area contributed by atoms with Crippen molar-refractivity contribution in [1.29, 1.82) is 0 Å². The second-order valence-corrected chi connectivity index (χ2v) is 8.60. The van der Waals surface area contributed by atoms with E-state index in [2.05, 4.69) is 64.7 Å². The van der Waals surface area contributed by atoms with Crippen LogP contribution in [0.1, 0.15) is 0 Å². The van der Waals surface area contributed by atoms with Crippen LogP contribution in [0.2, 0.25) is 0 Å². The predicted molar refractivity (Wildman–Crippen MR) is 109 cm³/mol. The van der Waals surface area contributed by atoms with Gasteiger partial charge in [-0.3, -0.25) is 4.79 Å². The number of carbonyl (C=O) groups excluding carboxylic acids is 1. The molecule has 3 aromatic rings. The molecule has 0 aliphatic rings. The van der Waals surface area contributed by atoms with Crippen LogP contribution in [0.25, 0.3) is 21.6 Å². The third kappa shape index (κ3) is 3.58. The highest BCUT2D eigenvalue weighted by molar-refractivity contribution is 9.11. The van der Waals surface area contributed by atoms with Crippen LogP contribution < -0.4 is 4.90 Å². The van der Waals surface area contributed by atoms with E-state index in [1.54, 1.807) is 35.0 Å². The van der Waals surface area contributed by atoms with Crippen LogP contribution in [-0.2, 0) is 4.79 Å². The molecule has 0 saturated carbocycles. The summed E-state index contributed by atoms with van der Waals surface area (Å²) in [6.07, 6.45) is 2.90. The molecular weight excluding hydrogens is 402 g/mol. The number of benzene rings is 2. The minimum absolute atomic E-state index is 0.815. The molecule has 1 amide bonds. The quantitative estimate of drug-likeness (QED) is 0.365. The topological polar surface area (TPSA) is 20.3 Å². The first-order chi connectivity index (χ1) is 11.6. The maximum Gasteiger partial charge on any atom is 0.213 e. The number of rotatable bonds is 5. The molecule has 0 bridgehead atoms. The molecule has 122 valence electrons. The fourth-order valence-electron chi connectivity index (χ4n) is 2.47. The highest BCUT2D eigenvalue weighted by atomic mass is 79.9. The fraction of sp³-hybridized carbons (Fsp3) is 0.105. The number of halogens is 1. The first-order valence-corrected chi connectivity index (χ1v) is 10.2. The van der Waals surface area contributed by atoms with Gasteiger partial charge in [0, 0.05) is 28.1 Å². The normalized spacial score (nSPS) is 10.6. The van der Waals surface area contributed by atoms with E-state index in [9.17, 15) is 4.79 Å². The Morgan fingerprint density at radius 2 is 1.67 bits per heavy atom. The van der Waals surface area contributed by atoms with Crippen LogP contribution in [0, 0.1) is 0 Å². The molecule has 0 aliphatic heterocycles. The van der Waals surface area contributed by atoms with E-state index in [-0.39, 0.29) is 0 Å². The van der Waals surface area contributed by atoms with Crippen LogP contribution in [0.5, 0.6) is 0 Å². The molecule has 24 heavy (non-hydrogen) atoms. The number of thioether (sulfide) groups is 1. The van der Waals surface area contributed by atoms with Gasteiger partial charge in [0.1, 0.15) is 0 Å². The molecule has 3 rings (SSSR count). The number of hydrogen-bond acceptors (Lipinski definition) is 3. The lowest BCUT2D eigenvalue weighted by Gasteiger charge is -2.11. The average Bonchev–Trinajstić information content (AvgIpc) is 3.03. The zero-order valence-electron chi connectivity index (χ0n) is 13.3. The predicted octanol–water partition coefficient (Wildman–Crippen LogP) is 6.16. The molecule has 0 fully saturated rings. The van der Waals surface area contributed by atoms with E-state index in [1.807, 2.05) is 12.1 Å². The van der Waals surface area contributed by atoms with Gasteiger partial charge in [0.15, 0.2) is 0 Å². The summed E-state index contributed by atoms with van der Waals surface area (Å²) < 4.78 is 1.11. The Morgan fingerprint density at radius 3 is 2.25 bits per heavy atom. The molecule has 0 unspecified atom stereocenters. The standard InChI is InChI=1S/C19H16BrNOS2/c1-21(12-22)15-7-3-14(4-8-15)19-17(11-18(20)24-19)13-5-9-16(23-2)10-6-13/h3-12H,1-2H3. The second kappa shape index (κ2) is 7.55. The Bertz CT molecular complexity index is 841. The molecule has 2 aromatic carbocycles. The van der Waals surface area contributed by atoms with Crippen LogP contribution in [-0.4, -0.2) is 19.7 Å². The minimum Gasteiger partial charge on any atom is -0.318 e. The summed E-state index contributed by atoms with van der Waals surface area (Å²) in [6.45, 7) is 0. The highest BCUT2D eigenvalue weighted by Crippen LogP contribution is 2.42. The van der Waals surface area contributed by atoms with Crippen molar-refractivity contribution < 1.29 is 4.79 Å². The SMILES string of the molecule is CSc1ccc(-c2cc(Br)sc2-c2ccc(N(C)C=O)cc2)cc1. The number of thiophene rings is 1. The summed E-state index contributed by atoms with van der Waals surface area (Å²) in [6, 6.07) is 18.9. The molecule has 0 N–H and O–H groups in total. The van der Waals surface area contributed by atoms with Crippen molar-refractivity contribution in [3.05, 3.63) is 58.4 Å². The van der Waals surface area contributed by atoms with E-state index >= 15 is 0 Å². The summed E-state index contributed by atoms with van der Waals surface area (Å²) >= 11 is 7.08. The van der Waals surface area contributed by atoms with Gasteiger partial charge in [-0.1, -0.05) is 24.3 Å². The lowest BCUT2D eigenvalue weighted by Crippen LogP contribution is -2.13. The summed E-state index contributed by atoms with van der Waals surface area (Å²) in [5.74, 6) is 0. The molecule has 5 heteroatoms. The Kier molecular flexibility index (Phi) is 5.43. The van der Waals surface area contributed by atoms with Gasteiger partial charge in [-0.15, -0.1) is 23.1 Å². The number of anilines is 1. The number of nitrogens with zero attached hydrogens (tertiary/aromatic N) is 1. The minimum atomic E-state index is 0.815. The van der Waals surface area contributed by atoms with Gasteiger partial charge in [-0.25, -0.2) is 0 Å². The van der Waals surface area contributed by atoms with Crippen LogP contribution in [0.4, 0.5) is 5.69 Å². The monoisotopic (exact) mass is 417 g/mol. The summed E-state index contributed by atoms with van der Waals surface area (Å²) in [5.41, 5.74) is 4.46. The molecule has 0 saturated heterocycles. The van der Waals surface area contributed by atoms with E-state index in [4.69, 9.17) is 0 Å². The molecule has 0 radical (unpaired) electrons. The third-order valence-electron chi connectivity index (χ3n) is 3.80. The Labute approximate surface area is 158 Å². The molecule has 0 spiro atoms. The Balaban J connectivity index is 2.00. The van der Waals surface area contributed by atoms with Crippen molar-refractivity contribution in [2.24, 2.45) is 0 Å². The van der Waals surface area contributed by atoms with Crippen LogP contribution >= 0.6 is 39.0 Å². The van der Waals surface area contributed by atoms with Gasteiger partial charge in [-0.2, -0.15) is 0 Å². The van der Waals surface area contributed by atoms with Crippen molar-refractivity contribution in [1.82, 2.24) is 0 Å². The third-order valence-corrected chi connectivity index (χ3v) is 6.23. The molecule has 0 aliphatic carbocycles. The van der Waals surface area contributed by atoms with Gasteiger partial charge >= 0.3 is 0 Å². The maximum absolute atomic E-state index is 10.9. The summed E-state index contributed by atoms with van der Waals surface area (Å²) in [5, 5.41) is 0. The summed E-state index contributed by atoms with van der Waals surface area (Å²) in [4.78, 5) is 14.9. The van der Waals surface area contributed by atoms with Crippen molar-refractivity contribution in [2.75, 3.05) is 18.2 Å². The zero-order valence-corrected chi connectivity index (χ0v) is 16.5. The average molecular weight is 418 g/mol. The first kappa shape index (κ1) is 17.3. The molecule has 1 aromatic heterocycles. The number of hydrogen-bond donors (Lipinski definition) is 0. The highest BCUT2D eigenvalue weighted by Gasteiger charge is 2.12. The lowest BCUT2D eigenvalue weighted by molar-refractivity contribution is -0.107. The van der Waals surface area contributed by atoms with Gasteiger partial charge < -0.3 is 4.90 Å². The summed E-state index contributed by atoms with van der Waals surface area (Å²) in [7, 11) is 1.75. The molecule has 0 atom stereocenters. The van der Waals surface area contributed by atoms with Gasteiger partial charge in [-0.05, 0) is 63.6 Å². The van der Waals surface area contributed by atoms with E-state index in [1.165, 1.54) is 20.9 Å². The van der Waals surface area contributed by atoms with Crippen molar-refractivity contribution in [2.45, 2.75) is 4.90 Å². The van der Waals surface area contributed by atoms with Crippen LogP contribution in [0.15, 0.2) is 63.3 Å². The lowest BCUT2D eigenvalue weighted by atomic mass is 10.0. The second-order valence-electron chi connectivity index (χ2n) is 5.29. The number of amides is 1. The van der Waals surface area contributed by atoms with Gasteiger partial charge in [0.25, 0.3) is 0 Å². The molecule has 2 nitrogen and oxygen atoms in total. The molecular formula is C19H16BrNOS2. The number of carbonyl (C=O) groups is 1. The van der Waals surface area contributed by atoms with Crippen molar-refractivity contribution >= 4 is 51.1 Å².